The van der Waals surface area contributed by atoms with Crippen LogP contribution in [0.25, 0.3) is 11.3 Å². The third kappa shape index (κ3) is 7.64. The van der Waals surface area contributed by atoms with Crippen LogP contribution in [-0.2, 0) is 6.18 Å². The number of amides is 1. The lowest BCUT2D eigenvalue weighted by molar-refractivity contribution is -0.137. The van der Waals surface area contributed by atoms with Crippen molar-refractivity contribution in [2.75, 3.05) is 21.9 Å². The summed E-state index contributed by atoms with van der Waals surface area (Å²) in [6.07, 6.45) is 1.15. The van der Waals surface area contributed by atoms with E-state index < -0.39 is 11.7 Å². The molecule has 0 radical (unpaired) electrons. The highest BCUT2D eigenvalue weighted by Crippen LogP contribution is 2.33. The molecular formula is C27H29ClF3N3OS. The predicted octanol–water partition coefficient (Wildman–Crippen LogP) is 8.73. The van der Waals surface area contributed by atoms with E-state index in [4.69, 9.17) is 11.6 Å². The Kier molecular flexibility index (Phi) is 10.1. The second-order valence-electron chi connectivity index (χ2n) is 8.33. The molecule has 1 fully saturated rings. The van der Waals surface area contributed by atoms with Crippen LogP contribution in [0, 0.1) is 0 Å². The van der Waals surface area contributed by atoms with E-state index in [1.54, 1.807) is 30.3 Å². The number of nitrogens with one attached hydrogen (secondary N) is 1. The van der Waals surface area contributed by atoms with Gasteiger partial charge in [0.05, 0.1) is 16.3 Å². The zero-order valence-electron chi connectivity index (χ0n) is 20.2. The molecule has 2 aromatic carbocycles. The van der Waals surface area contributed by atoms with Crippen molar-refractivity contribution in [2.45, 2.75) is 45.7 Å². The Morgan fingerprint density at radius 3 is 2.42 bits per heavy atom. The van der Waals surface area contributed by atoms with E-state index >= 15 is 0 Å². The molecule has 0 atom stereocenters. The predicted molar refractivity (Wildman–Crippen MR) is 144 cm³/mol. The molecule has 1 aliphatic rings. The fourth-order valence-electron chi connectivity index (χ4n) is 3.48. The van der Waals surface area contributed by atoms with Gasteiger partial charge in [0.1, 0.15) is 0 Å². The number of nitrogens with zero attached hydrogens (tertiary/aromatic N) is 2. The largest absolute Gasteiger partial charge is 0.417 e. The molecule has 0 spiro atoms. The fourth-order valence-corrected chi connectivity index (χ4v) is 4.78. The maximum atomic E-state index is 12.8. The van der Waals surface area contributed by atoms with Gasteiger partial charge in [-0.25, -0.2) is 0 Å². The molecule has 1 saturated heterocycles. The molecule has 0 saturated carbocycles. The number of carbonyl (C=O) groups excluding carboxylic acids is 1. The van der Waals surface area contributed by atoms with Gasteiger partial charge in [0, 0.05) is 41.0 Å². The number of hydrogen-bond donors (Lipinski definition) is 1. The van der Waals surface area contributed by atoms with E-state index in [0.717, 1.165) is 36.7 Å². The molecule has 0 unspecified atom stereocenters. The Labute approximate surface area is 219 Å². The summed E-state index contributed by atoms with van der Waals surface area (Å²) in [5.74, 6) is 0.799. The number of pyridine rings is 1. The minimum absolute atomic E-state index is 0.281. The van der Waals surface area contributed by atoms with Crippen molar-refractivity contribution in [1.82, 2.24) is 4.98 Å². The number of alkyl halides is 3. The van der Waals surface area contributed by atoms with Gasteiger partial charge in [-0.15, -0.1) is 0 Å². The standard InChI is InChI=1S/C24H21ClF3N3OS.C3H8/c25-21-10-7-18(14-20(21)22-11-6-17(15-29-22)24(26,27)28)30-23(32)16-4-8-19(9-5-16)31-12-2-1-3-13-33-31;1-3-2/h4-11,14-15H,1-3,12-13H2,(H,30,32);3H2,1-2H3. The number of carbonyl (C=O) groups is 1. The maximum Gasteiger partial charge on any atom is 0.417 e. The minimum atomic E-state index is -4.47. The van der Waals surface area contributed by atoms with Gasteiger partial charge in [0.2, 0.25) is 0 Å². The molecule has 1 amide bonds. The van der Waals surface area contributed by atoms with Gasteiger partial charge in [-0.1, -0.05) is 38.3 Å². The summed E-state index contributed by atoms with van der Waals surface area (Å²) < 4.78 is 40.7. The lowest BCUT2D eigenvalue weighted by atomic mass is 10.1. The van der Waals surface area contributed by atoms with E-state index in [9.17, 15) is 18.0 Å². The smallest absolute Gasteiger partial charge is 0.322 e. The van der Waals surface area contributed by atoms with Gasteiger partial charge in [0.15, 0.2) is 0 Å². The zero-order chi connectivity index (χ0) is 26.1. The van der Waals surface area contributed by atoms with Gasteiger partial charge in [-0.2, -0.15) is 13.2 Å². The Balaban J connectivity index is 0.00000115. The minimum Gasteiger partial charge on any atom is -0.322 e. The Bertz CT molecular complexity index is 1130. The molecule has 192 valence electrons. The van der Waals surface area contributed by atoms with Crippen LogP contribution in [0.5, 0.6) is 0 Å². The first kappa shape index (κ1) is 27.9. The van der Waals surface area contributed by atoms with E-state index in [1.807, 2.05) is 24.1 Å². The van der Waals surface area contributed by atoms with Gasteiger partial charge >= 0.3 is 6.18 Å². The van der Waals surface area contributed by atoms with Crippen molar-refractivity contribution in [3.05, 3.63) is 76.9 Å². The van der Waals surface area contributed by atoms with Crippen LogP contribution >= 0.6 is 23.5 Å². The molecule has 4 rings (SSSR count). The van der Waals surface area contributed by atoms with Crippen LogP contribution < -0.4 is 9.62 Å². The topological polar surface area (TPSA) is 45.2 Å². The molecule has 0 aliphatic carbocycles. The van der Waals surface area contributed by atoms with E-state index in [-0.39, 0.29) is 11.6 Å². The maximum absolute atomic E-state index is 12.8. The average molecular weight is 536 g/mol. The highest BCUT2D eigenvalue weighted by atomic mass is 35.5. The van der Waals surface area contributed by atoms with Crippen LogP contribution in [0.15, 0.2) is 60.8 Å². The number of benzene rings is 2. The van der Waals surface area contributed by atoms with Gasteiger partial charge in [0.25, 0.3) is 5.91 Å². The highest BCUT2D eigenvalue weighted by molar-refractivity contribution is 8.00. The summed E-state index contributed by atoms with van der Waals surface area (Å²) in [7, 11) is 0. The van der Waals surface area contributed by atoms with Crippen LogP contribution in [0.1, 0.15) is 55.5 Å². The lowest BCUT2D eigenvalue weighted by Gasteiger charge is -2.21. The molecule has 36 heavy (non-hydrogen) atoms. The first-order valence-electron chi connectivity index (χ1n) is 11.9. The zero-order valence-corrected chi connectivity index (χ0v) is 21.8. The summed E-state index contributed by atoms with van der Waals surface area (Å²) >= 11 is 8.04. The lowest BCUT2D eigenvalue weighted by Crippen LogP contribution is -2.15. The Morgan fingerprint density at radius 2 is 1.78 bits per heavy atom. The van der Waals surface area contributed by atoms with Crippen LogP contribution in [0.2, 0.25) is 5.02 Å². The van der Waals surface area contributed by atoms with E-state index in [2.05, 4.69) is 28.5 Å². The van der Waals surface area contributed by atoms with Crippen LogP contribution in [0.4, 0.5) is 24.5 Å². The first-order valence-corrected chi connectivity index (χ1v) is 13.2. The third-order valence-electron chi connectivity index (χ3n) is 5.26. The SMILES string of the molecule is CCC.O=C(Nc1ccc(Cl)c(-c2ccc(C(F)(F)F)cn2)c1)c1ccc(N2CCCCCS2)cc1. The number of rotatable bonds is 4. The monoisotopic (exact) mass is 535 g/mol. The summed E-state index contributed by atoms with van der Waals surface area (Å²) in [6.45, 7) is 5.24. The van der Waals surface area contributed by atoms with Crippen LogP contribution in [0.3, 0.4) is 0 Å². The molecule has 1 N–H and O–H groups in total. The molecule has 2 heterocycles. The van der Waals surface area contributed by atoms with Gasteiger partial charge in [-0.3, -0.25) is 9.78 Å². The number of aromatic nitrogens is 1. The summed E-state index contributed by atoms with van der Waals surface area (Å²) in [6, 6.07) is 14.5. The van der Waals surface area contributed by atoms with Gasteiger partial charge < -0.3 is 9.62 Å². The van der Waals surface area contributed by atoms with Crippen molar-refractivity contribution in [3.8, 4) is 11.3 Å². The molecule has 9 heteroatoms. The summed E-state index contributed by atoms with van der Waals surface area (Å²) in [4.78, 5) is 16.6. The molecule has 0 bridgehead atoms. The van der Waals surface area contributed by atoms with E-state index in [0.29, 0.717) is 21.8 Å². The van der Waals surface area contributed by atoms with Crippen LogP contribution in [-0.4, -0.2) is 23.2 Å². The average Bonchev–Trinajstić information content (AvgIpc) is 3.15. The van der Waals surface area contributed by atoms with Crippen molar-refractivity contribution in [3.63, 3.8) is 0 Å². The number of halogens is 4. The van der Waals surface area contributed by atoms with E-state index in [1.165, 1.54) is 25.3 Å². The van der Waals surface area contributed by atoms with Crippen molar-refractivity contribution in [2.24, 2.45) is 0 Å². The van der Waals surface area contributed by atoms with Gasteiger partial charge in [-0.05, 0) is 79.4 Å². The Morgan fingerprint density at radius 1 is 1.06 bits per heavy atom. The number of anilines is 2. The molecular weight excluding hydrogens is 507 g/mol. The second-order valence-corrected chi connectivity index (χ2v) is 9.84. The molecule has 1 aromatic heterocycles. The fraction of sp³-hybridized carbons (Fsp3) is 0.333. The Hall–Kier alpha value is -2.71. The van der Waals surface area contributed by atoms with Crippen molar-refractivity contribution in [1.29, 1.82) is 0 Å². The molecule has 4 nitrogen and oxygen atoms in total. The highest BCUT2D eigenvalue weighted by Gasteiger charge is 2.30. The summed E-state index contributed by atoms with van der Waals surface area (Å²) in [5, 5.41) is 3.14. The first-order chi connectivity index (χ1) is 17.2. The quantitative estimate of drug-likeness (QED) is 0.339. The number of hydrogen-bond acceptors (Lipinski definition) is 4. The summed E-state index contributed by atoms with van der Waals surface area (Å²) in [5.41, 5.74) is 1.91. The second kappa shape index (κ2) is 13.0. The molecule has 3 aromatic rings. The van der Waals surface area contributed by atoms with Crippen molar-refractivity contribution < 1.29 is 18.0 Å². The third-order valence-corrected chi connectivity index (χ3v) is 6.77. The van der Waals surface area contributed by atoms with Crippen molar-refractivity contribution >= 4 is 40.8 Å². The molecule has 1 aliphatic heterocycles. The normalized spacial score (nSPS) is 13.9.